The van der Waals surface area contributed by atoms with Gasteiger partial charge < -0.3 is 19.5 Å². The maximum atomic E-state index is 12.6. The third kappa shape index (κ3) is 6.76. The molecular weight excluding hydrogens is 481 g/mol. The summed E-state index contributed by atoms with van der Waals surface area (Å²) in [7, 11) is 3.50. The maximum Gasteiger partial charge on any atom is 0.573 e. The topological polar surface area (TPSA) is 59.4 Å². The Kier molecular flexibility index (Phi) is 7.44. The van der Waals surface area contributed by atoms with Crippen LogP contribution in [0, 0.1) is 11.3 Å². The number of rotatable bonds is 7. The predicted octanol–water partition coefficient (Wildman–Crippen LogP) is 7.09. The van der Waals surface area contributed by atoms with Crippen molar-refractivity contribution in [2.75, 3.05) is 19.4 Å². The van der Waals surface area contributed by atoms with Crippen molar-refractivity contribution < 1.29 is 22.7 Å². The van der Waals surface area contributed by atoms with E-state index in [9.17, 15) is 18.0 Å². The van der Waals surface area contributed by atoms with Crippen molar-refractivity contribution in [3.63, 3.8) is 0 Å². The van der Waals surface area contributed by atoms with Crippen LogP contribution in [-0.4, -0.2) is 40.8 Å². The second-order valence-electron chi connectivity index (χ2n) is 11.2. The third-order valence-electron chi connectivity index (χ3n) is 6.95. The first-order chi connectivity index (χ1) is 17.3. The molecule has 1 aliphatic rings. The van der Waals surface area contributed by atoms with Crippen LogP contribution in [0.5, 0.6) is 5.75 Å². The Hall–Kier alpha value is -3.23. The number of hydrogen-bond acceptors (Lipinski definition) is 4. The molecule has 0 saturated heterocycles. The highest BCUT2D eigenvalue weighted by Crippen LogP contribution is 2.46. The van der Waals surface area contributed by atoms with E-state index in [0.717, 1.165) is 35.9 Å². The number of halogens is 3. The van der Waals surface area contributed by atoms with Gasteiger partial charge in [-0.2, -0.15) is 0 Å². The Bertz CT molecular complexity index is 1250. The second-order valence-corrected chi connectivity index (χ2v) is 11.2. The molecule has 2 atom stereocenters. The number of aryl methyl sites for hydroxylation is 1. The Morgan fingerprint density at radius 3 is 2.49 bits per heavy atom. The fourth-order valence-electron chi connectivity index (χ4n) is 5.59. The van der Waals surface area contributed by atoms with Crippen molar-refractivity contribution in [2.24, 2.45) is 11.3 Å². The highest BCUT2D eigenvalue weighted by molar-refractivity contribution is 5.81. The number of ether oxygens (including phenoxy) is 1. The largest absolute Gasteiger partial charge is 0.573 e. The van der Waals surface area contributed by atoms with Crippen LogP contribution >= 0.6 is 0 Å². The fraction of sp³-hybridized carbons (Fsp3) is 0.500. The average Bonchev–Trinajstić information content (AvgIpc) is 3.13. The summed E-state index contributed by atoms with van der Waals surface area (Å²) in [6.45, 7) is 6.86. The number of nitrogens with zero attached hydrogens (tertiary/aromatic N) is 3. The standard InChI is InChI=1S/C28H35F3N4O2/c1-18-14-21(17-27(2,3)16-18)35-24-12-6-19(7-13-25(36)34(4)5)15-23(24)33-26(35)32-20-8-10-22(11-9-20)37-28(29,30)31/h6,8-12,15,18,21H,7,13-14,16-17H2,1-5H3,(H,32,33). The Balaban J connectivity index is 1.68. The zero-order valence-electron chi connectivity index (χ0n) is 22.0. The maximum absolute atomic E-state index is 12.6. The van der Waals surface area contributed by atoms with Crippen LogP contribution in [0.2, 0.25) is 0 Å². The molecule has 3 aromatic rings. The van der Waals surface area contributed by atoms with E-state index in [1.807, 2.05) is 12.1 Å². The van der Waals surface area contributed by atoms with Crippen molar-refractivity contribution >= 4 is 28.6 Å². The summed E-state index contributed by atoms with van der Waals surface area (Å²) in [5.74, 6) is 1.00. The van der Waals surface area contributed by atoms with Gasteiger partial charge in [0.15, 0.2) is 0 Å². The van der Waals surface area contributed by atoms with Gasteiger partial charge in [-0.15, -0.1) is 13.2 Å². The van der Waals surface area contributed by atoms with Crippen molar-refractivity contribution in [1.82, 2.24) is 14.5 Å². The van der Waals surface area contributed by atoms with Gasteiger partial charge in [0.1, 0.15) is 5.75 Å². The third-order valence-corrected chi connectivity index (χ3v) is 6.95. The number of carbonyl (C=O) groups excluding carboxylic acids is 1. The number of benzene rings is 2. The molecule has 0 aliphatic heterocycles. The number of carbonyl (C=O) groups is 1. The van der Waals surface area contributed by atoms with Crippen LogP contribution in [0.1, 0.15) is 58.1 Å². The highest BCUT2D eigenvalue weighted by Gasteiger charge is 2.35. The Morgan fingerprint density at radius 2 is 1.86 bits per heavy atom. The molecule has 1 saturated carbocycles. The molecule has 37 heavy (non-hydrogen) atoms. The quantitative estimate of drug-likeness (QED) is 0.364. The van der Waals surface area contributed by atoms with Gasteiger partial charge in [0.05, 0.1) is 11.0 Å². The van der Waals surface area contributed by atoms with Gasteiger partial charge in [0.2, 0.25) is 11.9 Å². The van der Waals surface area contributed by atoms with Crippen molar-refractivity contribution in [2.45, 2.75) is 65.3 Å². The van der Waals surface area contributed by atoms with Crippen molar-refractivity contribution in [3.05, 3.63) is 48.0 Å². The molecule has 9 heteroatoms. The van der Waals surface area contributed by atoms with E-state index in [-0.39, 0.29) is 23.1 Å². The average molecular weight is 517 g/mol. The Morgan fingerprint density at radius 1 is 1.16 bits per heavy atom. The SMILES string of the molecule is CC1CC(n2c(Nc3ccc(OC(F)(F)F)cc3)nc3cc(CCC(=O)N(C)C)ccc32)CC(C)(C)C1. The summed E-state index contributed by atoms with van der Waals surface area (Å²) < 4.78 is 43.9. The molecule has 2 aromatic carbocycles. The molecule has 0 spiro atoms. The number of hydrogen-bond donors (Lipinski definition) is 1. The molecule has 1 heterocycles. The fourth-order valence-corrected chi connectivity index (χ4v) is 5.59. The normalized spacial score (nSPS) is 19.6. The highest BCUT2D eigenvalue weighted by atomic mass is 19.4. The summed E-state index contributed by atoms with van der Waals surface area (Å²) >= 11 is 0. The van der Waals surface area contributed by atoms with Gasteiger partial charge in [-0.3, -0.25) is 4.79 Å². The summed E-state index contributed by atoms with van der Waals surface area (Å²) in [5.41, 5.74) is 3.65. The van der Waals surface area contributed by atoms with Crippen LogP contribution in [-0.2, 0) is 11.2 Å². The number of imidazole rings is 1. The molecule has 1 amide bonds. The molecule has 4 rings (SSSR count). The minimum atomic E-state index is -4.73. The first-order valence-electron chi connectivity index (χ1n) is 12.6. The summed E-state index contributed by atoms with van der Waals surface area (Å²) in [4.78, 5) is 18.6. The molecule has 0 radical (unpaired) electrons. The van der Waals surface area contributed by atoms with E-state index < -0.39 is 6.36 Å². The minimum absolute atomic E-state index is 0.0735. The number of amides is 1. The van der Waals surface area contributed by atoms with Gasteiger partial charge in [0.25, 0.3) is 0 Å². The lowest BCUT2D eigenvalue weighted by molar-refractivity contribution is -0.274. The van der Waals surface area contributed by atoms with Gasteiger partial charge in [-0.1, -0.05) is 26.8 Å². The molecule has 1 fully saturated rings. The van der Waals surface area contributed by atoms with E-state index in [4.69, 9.17) is 4.98 Å². The van der Waals surface area contributed by atoms with Crippen LogP contribution < -0.4 is 10.1 Å². The van der Waals surface area contributed by atoms with Crippen LogP contribution in [0.25, 0.3) is 11.0 Å². The number of nitrogens with one attached hydrogen (secondary N) is 1. The summed E-state index contributed by atoms with van der Waals surface area (Å²) in [6.07, 6.45) is -0.524. The van der Waals surface area contributed by atoms with Crippen LogP contribution in [0.3, 0.4) is 0 Å². The lowest BCUT2D eigenvalue weighted by Gasteiger charge is -2.40. The molecule has 0 bridgehead atoms. The van der Waals surface area contributed by atoms with E-state index in [0.29, 0.717) is 30.4 Å². The zero-order chi connectivity index (χ0) is 27.0. The predicted molar refractivity (Wildman–Crippen MR) is 139 cm³/mol. The van der Waals surface area contributed by atoms with Gasteiger partial charge in [0, 0.05) is 32.2 Å². The molecule has 1 aromatic heterocycles. The van der Waals surface area contributed by atoms with Gasteiger partial charge in [-0.25, -0.2) is 4.98 Å². The van der Waals surface area contributed by atoms with E-state index in [1.165, 1.54) is 12.1 Å². The number of alkyl halides is 3. The van der Waals surface area contributed by atoms with Gasteiger partial charge in [-0.05, 0) is 79.0 Å². The number of aromatic nitrogens is 2. The van der Waals surface area contributed by atoms with E-state index in [2.05, 4.69) is 41.5 Å². The van der Waals surface area contributed by atoms with Gasteiger partial charge >= 0.3 is 6.36 Å². The Labute approximate surface area is 215 Å². The second kappa shape index (κ2) is 10.3. The first kappa shape index (κ1) is 26.8. The number of anilines is 2. The molecular formula is C28H35F3N4O2. The lowest BCUT2D eigenvalue weighted by Crippen LogP contribution is -2.29. The summed E-state index contributed by atoms with van der Waals surface area (Å²) in [6, 6.07) is 12.0. The van der Waals surface area contributed by atoms with E-state index >= 15 is 0 Å². The molecule has 2 unspecified atom stereocenters. The summed E-state index contributed by atoms with van der Waals surface area (Å²) in [5, 5.41) is 3.33. The smallest absolute Gasteiger partial charge is 0.406 e. The van der Waals surface area contributed by atoms with Crippen molar-refractivity contribution in [3.8, 4) is 5.75 Å². The van der Waals surface area contributed by atoms with Crippen LogP contribution in [0.4, 0.5) is 24.8 Å². The zero-order valence-corrected chi connectivity index (χ0v) is 22.0. The molecule has 200 valence electrons. The molecule has 1 N–H and O–H groups in total. The lowest BCUT2D eigenvalue weighted by atomic mass is 9.70. The van der Waals surface area contributed by atoms with Crippen molar-refractivity contribution in [1.29, 1.82) is 0 Å². The minimum Gasteiger partial charge on any atom is -0.406 e. The molecule has 1 aliphatic carbocycles. The first-order valence-corrected chi connectivity index (χ1v) is 12.6. The van der Waals surface area contributed by atoms with E-state index in [1.54, 1.807) is 31.1 Å². The van der Waals surface area contributed by atoms with Crippen LogP contribution in [0.15, 0.2) is 42.5 Å². The molecule has 6 nitrogen and oxygen atoms in total. The number of fused-ring (bicyclic) bond motifs is 1. The monoisotopic (exact) mass is 516 g/mol.